The second kappa shape index (κ2) is 11.7. The Balaban J connectivity index is 2.04. The molecular formula is C27H20F3N3O5. The summed E-state index contributed by atoms with van der Waals surface area (Å²) in [7, 11) is 1.29. The number of benzene rings is 3. The van der Waals surface area contributed by atoms with Gasteiger partial charge in [0, 0.05) is 17.3 Å². The van der Waals surface area contributed by atoms with Gasteiger partial charge in [0.1, 0.15) is 11.6 Å². The topological polar surface area (TPSA) is 114 Å². The first-order chi connectivity index (χ1) is 18.1. The molecule has 1 amide bonds. The Labute approximate surface area is 215 Å². The lowest BCUT2D eigenvalue weighted by Gasteiger charge is -2.16. The van der Waals surface area contributed by atoms with Crippen molar-refractivity contribution in [2.24, 2.45) is 0 Å². The number of rotatable bonds is 9. The average Bonchev–Trinajstić information content (AvgIpc) is 2.88. The van der Waals surface area contributed by atoms with Gasteiger partial charge >= 0.3 is 11.9 Å². The maximum absolute atomic E-state index is 13.1. The molecule has 0 aliphatic carbocycles. The molecule has 0 saturated carbocycles. The van der Waals surface area contributed by atoms with Crippen molar-refractivity contribution in [3.63, 3.8) is 0 Å². The molecule has 0 radical (unpaired) electrons. The summed E-state index contributed by atoms with van der Waals surface area (Å²) in [4.78, 5) is 23.1. The molecule has 1 N–H and O–H groups in total. The average molecular weight is 523 g/mol. The third kappa shape index (κ3) is 6.55. The smallest absolute Gasteiger partial charge is 0.416 e. The van der Waals surface area contributed by atoms with Gasteiger partial charge in [0.05, 0.1) is 17.6 Å². The van der Waals surface area contributed by atoms with E-state index in [1.54, 1.807) is 36.4 Å². The molecule has 38 heavy (non-hydrogen) atoms. The van der Waals surface area contributed by atoms with Gasteiger partial charge < -0.3 is 14.8 Å². The van der Waals surface area contributed by atoms with Gasteiger partial charge in [0.25, 0.3) is 5.91 Å². The second-order valence-corrected chi connectivity index (χ2v) is 7.73. The van der Waals surface area contributed by atoms with E-state index in [1.807, 2.05) is 6.07 Å². The van der Waals surface area contributed by atoms with Gasteiger partial charge in [-0.2, -0.15) is 18.4 Å². The Morgan fingerprint density at radius 1 is 1.16 bits per heavy atom. The fourth-order valence-corrected chi connectivity index (χ4v) is 3.41. The largest absolute Gasteiger partial charge is 0.493 e. The summed E-state index contributed by atoms with van der Waals surface area (Å²) in [5, 5.41) is 23.7. The van der Waals surface area contributed by atoms with E-state index in [1.165, 1.54) is 25.3 Å². The maximum Gasteiger partial charge on any atom is 0.416 e. The Morgan fingerprint density at radius 3 is 2.45 bits per heavy atom. The second-order valence-electron chi connectivity index (χ2n) is 7.73. The minimum absolute atomic E-state index is 0.000321. The van der Waals surface area contributed by atoms with Crippen molar-refractivity contribution in [3.05, 3.63) is 106 Å². The van der Waals surface area contributed by atoms with Gasteiger partial charge in [-0.25, -0.2) is 0 Å². The lowest BCUT2D eigenvalue weighted by atomic mass is 10.0. The van der Waals surface area contributed by atoms with Gasteiger partial charge in [-0.15, -0.1) is 6.58 Å². The number of halogens is 3. The fourth-order valence-electron chi connectivity index (χ4n) is 3.41. The van der Waals surface area contributed by atoms with Crippen LogP contribution in [-0.4, -0.2) is 17.9 Å². The molecule has 0 atom stereocenters. The number of carbonyl (C=O) groups excluding carboxylic acids is 1. The Kier molecular flexibility index (Phi) is 8.50. The van der Waals surface area contributed by atoms with E-state index >= 15 is 0 Å². The predicted molar refractivity (Wildman–Crippen MR) is 134 cm³/mol. The first-order valence-corrected chi connectivity index (χ1v) is 10.9. The SMILES string of the molecule is C=CCc1cc(/C=C(\C#N)C(=O)Nc2ccccc2)cc(OC)c1Oc1ccc(C(F)(F)F)cc1[N+](=O)[O-]. The van der Waals surface area contributed by atoms with Crippen LogP contribution >= 0.6 is 0 Å². The number of amides is 1. The molecule has 194 valence electrons. The molecule has 0 aliphatic heterocycles. The van der Waals surface area contributed by atoms with E-state index in [-0.39, 0.29) is 23.5 Å². The molecule has 11 heteroatoms. The van der Waals surface area contributed by atoms with Crippen molar-refractivity contribution in [1.82, 2.24) is 0 Å². The highest BCUT2D eigenvalue weighted by Gasteiger charge is 2.33. The minimum Gasteiger partial charge on any atom is -0.493 e. The first-order valence-electron chi connectivity index (χ1n) is 10.9. The van der Waals surface area contributed by atoms with Crippen molar-refractivity contribution < 1.29 is 32.4 Å². The quantitative estimate of drug-likeness (QED) is 0.110. The summed E-state index contributed by atoms with van der Waals surface area (Å²) in [5.74, 6) is -1.02. The Bertz CT molecular complexity index is 1440. The highest BCUT2D eigenvalue weighted by Crippen LogP contribution is 2.42. The standard InChI is InChI=1S/C27H20F3N3O5/c1-3-7-18-12-17(13-19(16-31)26(34)32-21-8-5-4-6-9-21)14-24(37-2)25(18)38-23-11-10-20(27(28,29)30)15-22(23)33(35)36/h3-6,8-15H,1,7H2,2H3,(H,32,34)/b19-13+. The molecule has 8 nitrogen and oxygen atoms in total. The number of hydrogen-bond donors (Lipinski definition) is 1. The van der Waals surface area contributed by atoms with Crippen LogP contribution in [0.3, 0.4) is 0 Å². The normalized spacial score (nSPS) is 11.3. The number of nitriles is 1. The number of nitrogens with zero attached hydrogens (tertiary/aromatic N) is 2. The van der Waals surface area contributed by atoms with Gasteiger partial charge in [0.15, 0.2) is 11.5 Å². The van der Waals surface area contributed by atoms with Gasteiger partial charge in [-0.05, 0) is 54.5 Å². The molecule has 0 saturated heterocycles. The van der Waals surface area contributed by atoms with Crippen LogP contribution < -0.4 is 14.8 Å². The van der Waals surface area contributed by atoms with Crippen LogP contribution in [-0.2, 0) is 17.4 Å². The first kappa shape index (κ1) is 27.5. The summed E-state index contributed by atoms with van der Waals surface area (Å²) >= 11 is 0. The summed E-state index contributed by atoms with van der Waals surface area (Å²) < 4.78 is 50.3. The fraction of sp³-hybridized carbons (Fsp3) is 0.111. The van der Waals surface area contributed by atoms with Crippen molar-refractivity contribution in [2.45, 2.75) is 12.6 Å². The van der Waals surface area contributed by atoms with E-state index in [0.29, 0.717) is 28.9 Å². The highest BCUT2D eigenvalue weighted by atomic mass is 19.4. The lowest BCUT2D eigenvalue weighted by molar-refractivity contribution is -0.385. The zero-order chi connectivity index (χ0) is 27.9. The zero-order valence-electron chi connectivity index (χ0n) is 19.9. The summed E-state index contributed by atoms with van der Waals surface area (Å²) in [6.07, 6.45) is -1.80. The van der Waals surface area contributed by atoms with Gasteiger partial charge in [-0.3, -0.25) is 14.9 Å². The Morgan fingerprint density at radius 2 is 1.87 bits per heavy atom. The number of nitro benzene ring substituents is 1. The number of para-hydroxylation sites is 1. The number of ether oxygens (including phenoxy) is 2. The number of nitrogens with one attached hydrogen (secondary N) is 1. The summed E-state index contributed by atoms with van der Waals surface area (Å²) in [6.45, 7) is 3.66. The number of anilines is 1. The zero-order valence-corrected chi connectivity index (χ0v) is 19.9. The van der Waals surface area contributed by atoms with Gasteiger partial charge in [0.2, 0.25) is 5.75 Å². The molecule has 0 aromatic heterocycles. The van der Waals surface area contributed by atoms with E-state index in [2.05, 4.69) is 11.9 Å². The van der Waals surface area contributed by atoms with Crippen LogP contribution in [0.2, 0.25) is 0 Å². The summed E-state index contributed by atoms with van der Waals surface area (Å²) in [6, 6.07) is 15.2. The van der Waals surface area contributed by atoms with Crippen molar-refractivity contribution in [2.75, 3.05) is 12.4 Å². The number of methoxy groups -OCH3 is 1. The molecule has 3 aromatic carbocycles. The number of allylic oxidation sites excluding steroid dienone is 1. The molecule has 3 rings (SSSR count). The molecule has 0 bridgehead atoms. The minimum atomic E-state index is -4.78. The Hall–Kier alpha value is -5.11. The number of nitro groups is 1. The molecule has 0 spiro atoms. The van der Waals surface area contributed by atoms with E-state index in [4.69, 9.17) is 9.47 Å². The maximum atomic E-state index is 13.1. The van der Waals surface area contributed by atoms with Crippen LogP contribution in [0.1, 0.15) is 16.7 Å². The molecule has 0 heterocycles. The monoisotopic (exact) mass is 523 g/mol. The molecule has 0 aliphatic rings. The highest BCUT2D eigenvalue weighted by molar-refractivity contribution is 6.09. The number of alkyl halides is 3. The predicted octanol–water partition coefficient (Wildman–Crippen LogP) is 6.69. The van der Waals surface area contributed by atoms with E-state index in [9.17, 15) is 33.3 Å². The third-order valence-electron chi connectivity index (χ3n) is 5.14. The van der Waals surface area contributed by atoms with Crippen molar-refractivity contribution >= 4 is 23.4 Å². The number of hydrogen-bond acceptors (Lipinski definition) is 6. The van der Waals surface area contributed by atoms with Crippen molar-refractivity contribution in [1.29, 1.82) is 5.26 Å². The third-order valence-corrected chi connectivity index (χ3v) is 5.14. The van der Waals surface area contributed by atoms with Crippen LogP contribution in [0.4, 0.5) is 24.5 Å². The van der Waals surface area contributed by atoms with E-state index in [0.717, 1.165) is 6.07 Å². The van der Waals surface area contributed by atoms with Gasteiger partial charge in [-0.1, -0.05) is 24.3 Å². The summed E-state index contributed by atoms with van der Waals surface area (Å²) in [5.41, 5.74) is -1.06. The van der Waals surface area contributed by atoms with Crippen LogP contribution in [0, 0.1) is 21.4 Å². The molecule has 0 fully saturated rings. The van der Waals surface area contributed by atoms with Crippen molar-refractivity contribution in [3.8, 4) is 23.3 Å². The van der Waals surface area contributed by atoms with Crippen LogP contribution in [0.5, 0.6) is 17.2 Å². The molecule has 0 unspecified atom stereocenters. The van der Waals surface area contributed by atoms with E-state index < -0.39 is 34.0 Å². The lowest BCUT2D eigenvalue weighted by Crippen LogP contribution is -2.13. The molecule has 3 aromatic rings. The molecular weight excluding hydrogens is 503 g/mol. The number of carbonyl (C=O) groups is 1. The van der Waals surface area contributed by atoms with Crippen LogP contribution in [0.15, 0.2) is 78.9 Å². The van der Waals surface area contributed by atoms with Crippen LogP contribution in [0.25, 0.3) is 6.08 Å².